The zero-order valence-corrected chi connectivity index (χ0v) is 8.25. The van der Waals surface area contributed by atoms with E-state index in [2.05, 4.69) is 32.3 Å². The Morgan fingerprint density at radius 3 is 2.22 bits per heavy atom. The van der Waals surface area contributed by atoms with Crippen molar-refractivity contribution in [2.75, 3.05) is 12.5 Å². The van der Waals surface area contributed by atoms with Crippen LogP contribution in [0.4, 0.5) is 0 Å². The predicted molar refractivity (Wildman–Crippen MR) is 46.6 cm³/mol. The van der Waals surface area contributed by atoms with Crippen molar-refractivity contribution >= 4 is 20.7 Å². The average Bonchev–Trinajstić information content (AvgIpc) is 1.63. The standard InChI is InChI=1S/C6H15OSSi/c1-9(2,3)5-4-7-6-8/h4-6H2,1-3H3. The lowest BCUT2D eigenvalue weighted by Crippen LogP contribution is -2.21. The van der Waals surface area contributed by atoms with Crippen molar-refractivity contribution in [1.82, 2.24) is 0 Å². The highest BCUT2D eigenvalue weighted by Crippen LogP contribution is 2.07. The monoisotopic (exact) mass is 163 g/mol. The Balaban J connectivity index is 3.07. The molecule has 0 atom stereocenters. The molecular weight excluding hydrogens is 148 g/mol. The fourth-order valence-electron chi connectivity index (χ4n) is 0.437. The molecule has 0 rings (SSSR count). The summed E-state index contributed by atoms with van der Waals surface area (Å²) in [6.45, 7) is 7.86. The van der Waals surface area contributed by atoms with E-state index in [1.165, 1.54) is 6.04 Å². The SMILES string of the molecule is C[Si](C)(C)CCOC[S]. The van der Waals surface area contributed by atoms with Crippen LogP contribution in [0.2, 0.25) is 25.7 Å². The van der Waals surface area contributed by atoms with E-state index in [-0.39, 0.29) is 0 Å². The summed E-state index contributed by atoms with van der Waals surface area (Å²) in [6, 6.07) is 1.23. The lowest BCUT2D eigenvalue weighted by atomic mass is 10.9. The van der Waals surface area contributed by atoms with Crippen molar-refractivity contribution in [2.45, 2.75) is 25.7 Å². The highest BCUT2D eigenvalue weighted by atomic mass is 32.1. The summed E-state index contributed by atoms with van der Waals surface area (Å²) in [4.78, 5) is 0. The van der Waals surface area contributed by atoms with Crippen LogP contribution in [0.1, 0.15) is 0 Å². The Morgan fingerprint density at radius 2 is 1.89 bits per heavy atom. The second-order valence-corrected chi connectivity index (χ2v) is 9.19. The largest absolute Gasteiger partial charge is 0.370 e. The van der Waals surface area contributed by atoms with Crippen LogP contribution in [0.3, 0.4) is 0 Å². The minimum atomic E-state index is -0.866. The van der Waals surface area contributed by atoms with Crippen LogP contribution in [0.5, 0.6) is 0 Å². The minimum Gasteiger partial charge on any atom is -0.370 e. The van der Waals surface area contributed by atoms with Gasteiger partial charge in [0, 0.05) is 14.7 Å². The summed E-state index contributed by atoms with van der Waals surface area (Å²) in [7, 11) is -0.866. The Labute approximate surface area is 64.2 Å². The van der Waals surface area contributed by atoms with Crippen molar-refractivity contribution in [2.24, 2.45) is 0 Å². The Bertz CT molecular complexity index is 69.9. The molecule has 0 N–H and O–H groups in total. The van der Waals surface area contributed by atoms with Gasteiger partial charge in [-0.05, 0) is 6.04 Å². The van der Waals surface area contributed by atoms with Crippen LogP contribution < -0.4 is 0 Å². The van der Waals surface area contributed by atoms with Crippen LogP contribution >= 0.6 is 12.6 Å². The maximum absolute atomic E-state index is 5.06. The van der Waals surface area contributed by atoms with Gasteiger partial charge in [-0.1, -0.05) is 32.3 Å². The molecule has 0 aliphatic carbocycles. The molecule has 3 heteroatoms. The molecular formula is C6H15OSSi. The van der Waals surface area contributed by atoms with Gasteiger partial charge in [0.25, 0.3) is 0 Å². The van der Waals surface area contributed by atoms with Crippen LogP contribution in [0.25, 0.3) is 0 Å². The third-order valence-corrected chi connectivity index (χ3v) is 2.95. The first kappa shape index (κ1) is 9.53. The van der Waals surface area contributed by atoms with Crippen molar-refractivity contribution in [3.63, 3.8) is 0 Å². The molecule has 0 bridgehead atoms. The lowest BCUT2D eigenvalue weighted by Gasteiger charge is -2.14. The summed E-state index contributed by atoms with van der Waals surface area (Å²) < 4.78 is 5.06. The van der Waals surface area contributed by atoms with Crippen molar-refractivity contribution in [3.05, 3.63) is 0 Å². The van der Waals surface area contributed by atoms with Gasteiger partial charge in [0.2, 0.25) is 0 Å². The maximum atomic E-state index is 5.06. The Kier molecular flexibility index (Phi) is 4.61. The first-order valence-corrected chi connectivity index (χ1v) is 7.50. The van der Waals surface area contributed by atoms with Gasteiger partial charge < -0.3 is 4.74 Å². The molecule has 0 fully saturated rings. The van der Waals surface area contributed by atoms with Crippen molar-refractivity contribution in [3.8, 4) is 0 Å². The third kappa shape index (κ3) is 8.53. The number of hydrogen-bond acceptors (Lipinski definition) is 1. The van der Waals surface area contributed by atoms with Gasteiger partial charge in [-0.15, -0.1) is 0 Å². The van der Waals surface area contributed by atoms with E-state index >= 15 is 0 Å². The predicted octanol–water partition coefficient (Wildman–Crippen LogP) is 2.50. The van der Waals surface area contributed by atoms with Gasteiger partial charge in [-0.2, -0.15) is 0 Å². The quantitative estimate of drug-likeness (QED) is 0.457. The first-order valence-electron chi connectivity index (χ1n) is 3.22. The zero-order valence-electron chi connectivity index (χ0n) is 6.44. The fourth-order valence-corrected chi connectivity index (χ4v) is 1.31. The smallest absolute Gasteiger partial charge is 0.102 e. The molecule has 0 saturated heterocycles. The molecule has 0 spiro atoms. The molecule has 1 nitrogen and oxygen atoms in total. The van der Waals surface area contributed by atoms with Crippen LogP contribution in [-0.4, -0.2) is 20.6 Å². The average molecular weight is 163 g/mol. The Morgan fingerprint density at radius 1 is 1.33 bits per heavy atom. The van der Waals surface area contributed by atoms with Gasteiger partial charge >= 0.3 is 0 Å². The van der Waals surface area contributed by atoms with E-state index in [0.717, 1.165) is 6.61 Å². The molecule has 0 heterocycles. The van der Waals surface area contributed by atoms with Gasteiger partial charge in [0.15, 0.2) is 0 Å². The van der Waals surface area contributed by atoms with Gasteiger partial charge in [0.05, 0.1) is 0 Å². The molecule has 0 aromatic heterocycles. The van der Waals surface area contributed by atoms with E-state index < -0.39 is 8.07 Å². The molecule has 0 saturated carbocycles. The molecule has 0 unspecified atom stereocenters. The summed E-state index contributed by atoms with van der Waals surface area (Å²) in [5, 5.41) is 0. The van der Waals surface area contributed by atoms with Crippen LogP contribution in [0, 0.1) is 0 Å². The van der Waals surface area contributed by atoms with Gasteiger partial charge in [-0.3, -0.25) is 0 Å². The lowest BCUT2D eigenvalue weighted by molar-refractivity contribution is 0.199. The van der Waals surface area contributed by atoms with Crippen molar-refractivity contribution in [1.29, 1.82) is 0 Å². The van der Waals surface area contributed by atoms with Crippen molar-refractivity contribution < 1.29 is 4.74 Å². The second kappa shape index (κ2) is 4.36. The van der Waals surface area contributed by atoms with E-state index in [9.17, 15) is 0 Å². The van der Waals surface area contributed by atoms with E-state index in [1.807, 2.05) is 0 Å². The van der Waals surface area contributed by atoms with Crippen LogP contribution in [-0.2, 0) is 4.74 Å². The number of ether oxygens (including phenoxy) is 1. The highest BCUT2D eigenvalue weighted by Gasteiger charge is 2.11. The van der Waals surface area contributed by atoms with E-state index in [1.54, 1.807) is 0 Å². The number of rotatable bonds is 4. The van der Waals surface area contributed by atoms with Gasteiger partial charge in [-0.25, -0.2) is 0 Å². The minimum absolute atomic E-state index is 0.449. The molecule has 55 valence electrons. The van der Waals surface area contributed by atoms with E-state index in [0.29, 0.717) is 5.94 Å². The molecule has 0 amide bonds. The molecule has 1 radical (unpaired) electrons. The third-order valence-electron chi connectivity index (χ3n) is 1.08. The summed E-state index contributed by atoms with van der Waals surface area (Å²) >= 11 is 4.63. The molecule has 0 aromatic rings. The number of hydrogen-bond donors (Lipinski definition) is 0. The van der Waals surface area contributed by atoms with Gasteiger partial charge in [0.1, 0.15) is 5.94 Å². The topological polar surface area (TPSA) is 9.23 Å². The fraction of sp³-hybridized carbons (Fsp3) is 1.00. The summed E-state index contributed by atoms with van der Waals surface area (Å²) in [6.07, 6.45) is 0. The van der Waals surface area contributed by atoms with Crippen LogP contribution in [0.15, 0.2) is 0 Å². The summed E-state index contributed by atoms with van der Waals surface area (Å²) in [5.41, 5.74) is 0. The molecule has 9 heavy (non-hydrogen) atoms. The first-order chi connectivity index (χ1) is 4.06. The zero-order chi connectivity index (χ0) is 7.33. The normalized spacial score (nSPS) is 12.0. The Hall–Kier alpha value is 0.527. The summed E-state index contributed by atoms with van der Waals surface area (Å²) in [5.74, 6) is 0.449. The molecule has 0 aromatic carbocycles. The second-order valence-electron chi connectivity index (χ2n) is 3.34. The molecule has 0 aliphatic heterocycles. The van der Waals surface area contributed by atoms with E-state index in [4.69, 9.17) is 4.74 Å². The maximum Gasteiger partial charge on any atom is 0.102 e. The highest BCUT2D eigenvalue weighted by molar-refractivity contribution is 7.80. The molecule has 0 aliphatic rings.